The monoisotopic (exact) mass is 509 g/mol. The summed E-state index contributed by atoms with van der Waals surface area (Å²) in [6, 6.07) is 0. The second kappa shape index (κ2) is 12.5. The summed E-state index contributed by atoms with van der Waals surface area (Å²) in [6.07, 6.45) is 6.05. The Balaban J connectivity index is 0.00000338. The first-order valence-electron chi connectivity index (χ1n) is 8.37. The smallest absolute Gasteiger partial charge is 0.191 e. The number of thioether (sulfide) groups is 1. The SMILES string of the molecule is CSCCCNC(=NCc1nnc(C)n1C)NCCc1ncc(C)s1.I. The molecule has 0 aromatic carbocycles. The lowest BCUT2D eigenvalue weighted by molar-refractivity contribution is 0.741. The molecule has 0 aliphatic rings. The summed E-state index contributed by atoms with van der Waals surface area (Å²) in [7, 11) is 1.96. The lowest BCUT2D eigenvalue weighted by Crippen LogP contribution is -2.39. The van der Waals surface area contributed by atoms with Gasteiger partial charge in [0.2, 0.25) is 0 Å². The Bertz CT molecular complexity index is 684. The molecule has 0 amide bonds. The average molecular weight is 509 g/mol. The van der Waals surface area contributed by atoms with E-state index in [4.69, 9.17) is 0 Å². The number of aromatic nitrogens is 4. The van der Waals surface area contributed by atoms with Crippen molar-refractivity contribution >= 4 is 53.0 Å². The van der Waals surface area contributed by atoms with Gasteiger partial charge in [0, 0.05) is 37.6 Å². The largest absolute Gasteiger partial charge is 0.356 e. The fraction of sp³-hybridized carbons (Fsp3) is 0.625. The van der Waals surface area contributed by atoms with Crippen molar-refractivity contribution in [1.82, 2.24) is 30.4 Å². The van der Waals surface area contributed by atoms with Gasteiger partial charge in [0.15, 0.2) is 11.8 Å². The summed E-state index contributed by atoms with van der Waals surface area (Å²) in [5, 5.41) is 16.2. The highest BCUT2D eigenvalue weighted by Gasteiger charge is 2.06. The molecule has 2 heterocycles. The molecular weight excluding hydrogens is 481 g/mol. The molecule has 0 fully saturated rings. The molecule has 10 heteroatoms. The predicted molar refractivity (Wildman–Crippen MR) is 122 cm³/mol. The third kappa shape index (κ3) is 7.78. The van der Waals surface area contributed by atoms with Crippen LogP contribution in [0.2, 0.25) is 0 Å². The van der Waals surface area contributed by atoms with Crippen LogP contribution in [0, 0.1) is 13.8 Å². The van der Waals surface area contributed by atoms with Crippen molar-refractivity contribution in [2.45, 2.75) is 33.2 Å². The van der Waals surface area contributed by atoms with Gasteiger partial charge in [-0.3, -0.25) is 0 Å². The number of thiazole rings is 1. The van der Waals surface area contributed by atoms with Crippen LogP contribution in [0.25, 0.3) is 0 Å². The summed E-state index contributed by atoms with van der Waals surface area (Å²) in [5.41, 5.74) is 0. The van der Waals surface area contributed by atoms with Crippen LogP contribution < -0.4 is 10.6 Å². The van der Waals surface area contributed by atoms with Crippen LogP contribution in [0.4, 0.5) is 0 Å². The fourth-order valence-electron chi connectivity index (χ4n) is 2.14. The zero-order chi connectivity index (χ0) is 18.1. The molecule has 0 saturated carbocycles. The van der Waals surface area contributed by atoms with Crippen molar-refractivity contribution in [3.05, 3.63) is 27.7 Å². The Hall–Kier alpha value is -0.880. The number of hydrogen-bond acceptors (Lipinski definition) is 6. The number of halogens is 1. The van der Waals surface area contributed by atoms with Crippen LogP contribution in [-0.2, 0) is 20.0 Å². The second-order valence-electron chi connectivity index (χ2n) is 5.70. The van der Waals surface area contributed by atoms with E-state index in [9.17, 15) is 0 Å². The van der Waals surface area contributed by atoms with E-state index >= 15 is 0 Å². The topological polar surface area (TPSA) is 80.0 Å². The molecular formula is C16H28IN7S2. The predicted octanol–water partition coefficient (Wildman–Crippen LogP) is 2.54. The summed E-state index contributed by atoms with van der Waals surface area (Å²) in [6.45, 7) is 6.24. The van der Waals surface area contributed by atoms with E-state index in [1.54, 1.807) is 11.3 Å². The maximum absolute atomic E-state index is 4.65. The zero-order valence-corrected chi connectivity index (χ0v) is 19.7. The Kier molecular flexibility index (Phi) is 11.1. The summed E-state index contributed by atoms with van der Waals surface area (Å²) in [5.74, 6) is 3.71. The average Bonchev–Trinajstić information content (AvgIpc) is 3.15. The Labute approximate surface area is 180 Å². The Morgan fingerprint density at radius 2 is 2.04 bits per heavy atom. The molecule has 7 nitrogen and oxygen atoms in total. The van der Waals surface area contributed by atoms with Crippen molar-refractivity contribution < 1.29 is 0 Å². The van der Waals surface area contributed by atoms with Gasteiger partial charge >= 0.3 is 0 Å². The van der Waals surface area contributed by atoms with E-state index in [1.807, 2.05) is 36.5 Å². The van der Waals surface area contributed by atoms with E-state index in [-0.39, 0.29) is 24.0 Å². The number of nitrogens with zero attached hydrogens (tertiary/aromatic N) is 5. The Morgan fingerprint density at radius 1 is 1.27 bits per heavy atom. The molecule has 2 aromatic rings. The van der Waals surface area contributed by atoms with Crippen LogP contribution in [0.15, 0.2) is 11.2 Å². The van der Waals surface area contributed by atoms with Gasteiger partial charge in [0.1, 0.15) is 12.4 Å². The van der Waals surface area contributed by atoms with E-state index in [0.29, 0.717) is 6.54 Å². The molecule has 26 heavy (non-hydrogen) atoms. The highest BCUT2D eigenvalue weighted by Crippen LogP contribution is 2.10. The molecule has 146 valence electrons. The van der Waals surface area contributed by atoms with Gasteiger partial charge in [-0.2, -0.15) is 11.8 Å². The second-order valence-corrected chi connectivity index (χ2v) is 8.01. The van der Waals surface area contributed by atoms with E-state index in [2.05, 4.69) is 44.0 Å². The first-order valence-corrected chi connectivity index (χ1v) is 10.6. The maximum Gasteiger partial charge on any atom is 0.191 e. The molecule has 0 spiro atoms. The lowest BCUT2D eigenvalue weighted by Gasteiger charge is -2.12. The highest BCUT2D eigenvalue weighted by molar-refractivity contribution is 14.0. The van der Waals surface area contributed by atoms with Crippen LogP contribution in [0.1, 0.15) is 28.0 Å². The summed E-state index contributed by atoms with van der Waals surface area (Å²) in [4.78, 5) is 10.3. The van der Waals surface area contributed by atoms with Gasteiger partial charge in [-0.25, -0.2) is 9.98 Å². The van der Waals surface area contributed by atoms with Crippen molar-refractivity contribution in [2.75, 3.05) is 25.1 Å². The summed E-state index contributed by atoms with van der Waals surface area (Å²) >= 11 is 3.60. The maximum atomic E-state index is 4.65. The molecule has 2 aromatic heterocycles. The molecule has 0 bridgehead atoms. The molecule has 0 aliphatic heterocycles. The zero-order valence-electron chi connectivity index (χ0n) is 15.8. The van der Waals surface area contributed by atoms with Crippen molar-refractivity contribution in [1.29, 1.82) is 0 Å². The van der Waals surface area contributed by atoms with Gasteiger partial charge in [-0.05, 0) is 32.3 Å². The van der Waals surface area contributed by atoms with E-state index < -0.39 is 0 Å². The molecule has 0 atom stereocenters. The lowest BCUT2D eigenvalue weighted by atomic mass is 10.4. The molecule has 0 unspecified atom stereocenters. The number of nitrogens with one attached hydrogen (secondary N) is 2. The van der Waals surface area contributed by atoms with Crippen LogP contribution in [0.3, 0.4) is 0 Å². The highest BCUT2D eigenvalue weighted by atomic mass is 127. The normalized spacial score (nSPS) is 11.3. The Morgan fingerprint density at radius 3 is 2.65 bits per heavy atom. The molecule has 0 aliphatic carbocycles. The molecule has 0 radical (unpaired) electrons. The van der Waals surface area contributed by atoms with Crippen LogP contribution >= 0.6 is 47.1 Å². The van der Waals surface area contributed by atoms with Gasteiger partial charge in [0.25, 0.3) is 0 Å². The van der Waals surface area contributed by atoms with Crippen molar-refractivity contribution in [3.63, 3.8) is 0 Å². The minimum absolute atomic E-state index is 0. The third-order valence-corrected chi connectivity index (χ3v) is 5.35. The summed E-state index contributed by atoms with van der Waals surface area (Å²) < 4.78 is 1.97. The molecule has 2 N–H and O–H groups in total. The van der Waals surface area contributed by atoms with E-state index in [0.717, 1.165) is 54.3 Å². The van der Waals surface area contributed by atoms with Gasteiger partial charge in [-0.1, -0.05) is 0 Å². The standard InChI is InChI=1S/C16H27N7S2.HI/c1-12-10-19-15(25-12)6-8-18-16(17-7-5-9-24-4)20-11-14-22-21-13(2)23(14)3;/h10H,5-9,11H2,1-4H3,(H2,17,18,20);1H. The third-order valence-electron chi connectivity index (χ3n) is 3.68. The van der Waals surface area contributed by atoms with Crippen LogP contribution in [0.5, 0.6) is 0 Å². The minimum atomic E-state index is 0. The fourth-order valence-corrected chi connectivity index (χ4v) is 3.36. The number of aryl methyl sites for hydroxylation is 2. The number of hydrogen-bond donors (Lipinski definition) is 2. The van der Waals surface area contributed by atoms with Crippen LogP contribution in [-0.4, -0.2) is 50.8 Å². The minimum Gasteiger partial charge on any atom is -0.356 e. The van der Waals surface area contributed by atoms with Gasteiger partial charge in [-0.15, -0.1) is 45.5 Å². The number of aliphatic imine (C=N–C) groups is 1. The quantitative estimate of drug-likeness (QED) is 0.234. The van der Waals surface area contributed by atoms with Gasteiger partial charge in [0.05, 0.1) is 5.01 Å². The first kappa shape index (κ1) is 23.2. The van der Waals surface area contributed by atoms with E-state index in [1.165, 1.54) is 4.88 Å². The number of guanidine groups is 1. The van der Waals surface area contributed by atoms with Gasteiger partial charge < -0.3 is 15.2 Å². The molecule has 0 saturated heterocycles. The molecule has 2 rings (SSSR count). The number of rotatable bonds is 9. The van der Waals surface area contributed by atoms with Crippen molar-refractivity contribution in [2.24, 2.45) is 12.0 Å². The van der Waals surface area contributed by atoms with Crippen molar-refractivity contribution in [3.8, 4) is 0 Å². The first-order chi connectivity index (χ1) is 12.1.